The standard InChI is InChI=1S/C25H18F2N2O2/c26-23-12-7-18(13-24(23)27)15-28-29-25(30)20-8-5-17(6-9-20)16-31-22-11-10-19-3-1-2-4-21(19)14-22/h1-15H,16H2,(H,29,30)/b28-15+. The smallest absolute Gasteiger partial charge is 0.271 e. The molecule has 4 rings (SSSR count). The average Bonchev–Trinajstić information content (AvgIpc) is 2.80. The van der Waals surface area contributed by atoms with E-state index in [0.717, 1.165) is 34.2 Å². The van der Waals surface area contributed by atoms with Gasteiger partial charge in [-0.1, -0.05) is 48.5 Å². The van der Waals surface area contributed by atoms with Crippen LogP contribution in [-0.4, -0.2) is 12.1 Å². The molecular formula is C25H18F2N2O2. The zero-order chi connectivity index (χ0) is 21.6. The Bertz CT molecular complexity index is 1250. The van der Waals surface area contributed by atoms with Crippen molar-refractivity contribution < 1.29 is 18.3 Å². The van der Waals surface area contributed by atoms with Crippen molar-refractivity contribution in [2.24, 2.45) is 5.10 Å². The molecule has 0 atom stereocenters. The molecule has 0 heterocycles. The van der Waals surface area contributed by atoms with Crippen LogP contribution in [0.25, 0.3) is 10.8 Å². The summed E-state index contributed by atoms with van der Waals surface area (Å²) in [6.45, 7) is 0.370. The van der Waals surface area contributed by atoms with Gasteiger partial charge in [-0.15, -0.1) is 0 Å². The highest BCUT2D eigenvalue weighted by Crippen LogP contribution is 2.21. The molecule has 0 aliphatic rings. The highest BCUT2D eigenvalue weighted by atomic mass is 19.2. The molecule has 4 aromatic rings. The van der Waals surface area contributed by atoms with Crippen molar-refractivity contribution in [3.05, 3.63) is 113 Å². The fraction of sp³-hybridized carbons (Fsp3) is 0.0400. The van der Waals surface area contributed by atoms with Crippen LogP contribution < -0.4 is 10.2 Å². The van der Waals surface area contributed by atoms with Gasteiger partial charge in [-0.2, -0.15) is 5.10 Å². The first kappa shape index (κ1) is 20.2. The normalized spacial score (nSPS) is 11.0. The SMILES string of the molecule is O=C(N/N=C/c1ccc(F)c(F)c1)c1ccc(COc2ccc3ccccc3c2)cc1. The van der Waals surface area contributed by atoms with Gasteiger partial charge in [-0.05, 0) is 58.3 Å². The van der Waals surface area contributed by atoms with Crippen LogP contribution in [-0.2, 0) is 6.61 Å². The number of rotatable bonds is 6. The molecule has 0 unspecified atom stereocenters. The van der Waals surface area contributed by atoms with Gasteiger partial charge in [0.1, 0.15) is 12.4 Å². The maximum atomic E-state index is 13.2. The molecule has 0 bridgehead atoms. The van der Waals surface area contributed by atoms with Crippen LogP contribution in [0, 0.1) is 11.6 Å². The Balaban J connectivity index is 1.33. The van der Waals surface area contributed by atoms with Crippen LogP contribution in [0.15, 0.2) is 90.0 Å². The van der Waals surface area contributed by atoms with E-state index in [1.54, 1.807) is 24.3 Å². The quantitative estimate of drug-likeness (QED) is 0.335. The fourth-order valence-electron chi connectivity index (χ4n) is 3.00. The monoisotopic (exact) mass is 416 g/mol. The van der Waals surface area contributed by atoms with E-state index >= 15 is 0 Å². The number of carbonyl (C=O) groups is 1. The minimum Gasteiger partial charge on any atom is -0.489 e. The first-order valence-electron chi connectivity index (χ1n) is 9.57. The van der Waals surface area contributed by atoms with Crippen molar-refractivity contribution in [1.29, 1.82) is 0 Å². The Labute approximate surface area is 177 Å². The van der Waals surface area contributed by atoms with Crippen molar-refractivity contribution in [3.63, 3.8) is 0 Å². The average molecular weight is 416 g/mol. The van der Waals surface area contributed by atoms with Gasteiger partial charge < -0.3 is 4.74 Å². The second-order valence-corrected chi connectivity index (χ2v) is 6.87. The van der Waals surface area contributed by atoms with Gasteiger partial charge in [0.15, 0.2) is 11.6 Å². The molecule has 154 valence electrons. The Hall–Kier alpha value is -4.06. The lowest BCUT2D eigenvalue weighted by atomic mass is 10.1. The first-order chi connectivity index (χ1) is 15.1. The number of nitrogens with zero attached hydrogens (tertiary/aromatic N) is 1. The molecule has 0 spiro atoms. The number of carbonyl (C=O) groups excluding carboxylic acids is 1. The zero-order valence-electron chi connectivity index (χ0n) is 16.4. The summed E-state index contributed by atoms with van der Waals surface area (Å²) in [4.78, 5) is 12.2. The Kier molecular flexibility index (Phi) is 5.98. The number of benzene rings is 4. The van der Waals surface area contributed by atoms with Crippen LogP contribution >= 0.6 is 0 Å². The Morgan fingerprint density at radius 1 is 0.871 bits per heavy atom. The van der Waals surface area contributed by atoms with Gasteiger partial charge >= 0.3 is 0 Å². The summed E-state index contributed by atoms with van der Waals surface area (Å²) in [6.07, 6.45) is 1.24. The van der Waals surface area contributed by atoms with Crippen molar-refractivity contribution in [2.75, 3.05) is 0 Å². The van der Waals surface area contributed by atoms with E-state index in [2.05, 4.69) is 10.5 Å². The highest BCUT2D eigenvalue weighted by Gasteiger charge is 2.05. The predicted octanol–water partition coefficient (Wildman–Crippen LogP) is 5.46. The number of hydrazone groups is 1. The van der Waals surface area contributed by atoms with Crippen LogP contribution in [0.5, 0.6) is 5.75 Å². The van der Waals surface area contributed by atoms with E-state index in [9.17, 15) is 13.6 Å². The summed E-state index contributed by atoms with van der Waals surface area (Å²) in [7, 11) is 0. The summed E-state index contributed by atoms with van der Waals surface area (Å²) >= 11 is 0. The van der Waals surface area contributed by atoms with Gasteiger partial charge in [0.2, 0.25) is 0 Å². The molecule has 0 aliphatic heterocycles. The molecular weight excluding hydrogens is 398 g/mol. The third kappa shape index (κ3) is 5.11. The van der Waals surface area contributed by atoms with Crippen LogP contribution in [0.4, 0.5) is 8.78 Å². The van der Waals surface area contributed by atoms with E-state index in [1.807, 2.05) is 42.5 Å². The molecule has 0 saturated heterocycles. The van der Waals surface area contributed by atoms with E-state index < -0.39 is 17.5 Å². The number of halogens is 2. The molecule has 4 nitrogen and oxygen atoms in total. The van der Waals surface area contributed by atoms with Crippen molar-refractivity contribution in [1.82, 2.24) is 5.43 Å². The second-order valence-electron chi connectivity index (χ2n) is 6.87. The summed E-state index contributed by atoms with van der Waals surface area (Å²) < 4.78 is 31.9. The third-order valence-electron chi connectivity index (χ3n) is 4.67. The van der Waals surface area contributed by atoms with Crippen LogP contribution in [0.2, 0.25) is 0 Å². The molecule has 0 fully saturated rings. The molecule has 1 amide bonds. The van der Waals surface area contributed by atoms with Gasteiger partial charge in [0.05, 0.1) is 6.21 Å². The molecule has 0 aromatic heterocycles. The second kappa shape index (κ2) is 9.17. The lowest BCUT2D eigenvalue weighted by Gasteiger charge is -2.08. The summed E-state index contributed by atoms with van der Waals surface area (Å²) in [5, 5.41) is 6.03. The molecule has 0 saturated carbocycles. The first-order valence-corrected chi connectivity index (χ1v) is 9.57. The van der Waals surface area contributed by atoms with E-state index in [1.165, 1.54) is 12.3 Å². The number of hydrogen-bond acceptors (Lipinski definition) is 3. The van der Waals surface area contributed by atoms with E-state index in [4.69, 9.17) is 4.74 Å². The third-order valence-corrected chi connectivity index (χ3v) is 4.67. The molecule has 4 aromatic carbocycles. The maximum absolute atomic E-state index is 13.2. The van der Waals surface area contributed by atoms with E-state index in [-0.39, 0.29) is 0 Å². The van der Waals surface area contributed by atoms with Crippen molar-refractivity contribution in [3.8, 4) is 5.75 Å². The Morgan fingerprint density at radius 3 is 2.42 bits per heavy atom. The molecule has 0 aliphatic carbocycles. The number of nitrogens with one attached hydrogen (secondary N) is 1. The van der Waals surface area contributed by atoms with Crippen LogP contribution in [0.1, 0.15) is 21.5 Å². The molecule has 31 heavy (non-hydrogen) atoms. The summed E-state index contributed by atoms with van der Waals surface area (Å²) in [5.41, 5.74) is 4.02. The minimum absolute atomic E-state index is 0.334. The molecule has 1 N–H and O–H groups in total. The van der Waals surface area contributed by atoms with Crippen LogP contribution in [0.3, 0.4) is 0 Å². The van der Waals surface area contributed by atoms with Gasteiger partial charge in [0, 0.05) is 5.56 Å². The van der Waals surface area contributed by atoms with Gasteiger partial charge in [0.25, 0.3) is 5.91 Å². The topological polar surface area (TPSA) is 50.7 Å². The summed E-state index contributed by atoms with van der Waals surface area (Å²) in [5.74, 6) is -1.56. The lowest BCUT2D eigenvalue weighted by molar-refractivity contribution is 0.0955. The molecule has 0 radical (unpaired) electrons. The fourth-order valence-corrected chi connectivity index (χ4v) is 3.00. The number of amides is 1. The zero-order valence-corrected chi connectivity index (χ0v) is 16.4. The van der Waals surface area contributed by atoms with Crippen molar-refractivity contribution in [2.45, 2.75) is 6.61 Å². The highest BCUT2D eigenvalue weighted by molar-refractivity contribution is 5.94. The Morgan fingerprint density at radius 2 is 1.65 bits per heavy atom. The van der Waals surface area contributed by atoms with Crippen molar-refractivity contribution >= 4 is 22.9 Å². The number of fused-ring (bicyclic) bond motifs is 1. The predicted molar refractivity (Wildman–Crippen MR) is 116 cm³/mol. The largest absolute Gasteiger partial charge is 0.489 e. The minimum atomic E-state index is -0.975. The van der Waals surface area contributed by atoms with Gasteiger partial charge in [-0.25, -0.2) is 14.2 Å². The maximum Gasteiger partial charge on any atom is 0.271 e. The van der Waals surface area contributed by atoms with E-state index in [0.29, 0.717) is 17.7 Å². The summed E-state index contributed by atoms with van der Waals surface area (Å²) in [6, 6.07) is 24.3. The number of hydrogen-bond donors (Lipinski definition) is 1. The molecule has 6 heteroatoms. The number of ether oxygens (including phenoxy) is 1. The van der Waals surface area contributed by atoms with Gasteiger partial charge in [-0.3, -0.25) is 4.79 Å². The lowest BCUT2D eigenvalue weighted by Crippen LogP contribution is -2.17.